The Hall–Kier alpha value is -1.35. The van der Waals surface area contributed by atoms with Gasteiger partial charge in [-0.1, -0.05) is 23.8 Å². The molecule has 14 heavy (non-hydrogen) atoms. The van der Waals surface area contributed by atoms with Crippen LogP contribution in [0.2, 0.25) is 0 Å². The van der Waals surface area contributed by atoms with Crippen LogP contribution in [0.5, 0.6) is 0 Å². The number of rotatable bonds is 3. The van der Waals surface area contributed by atoms with Crippen molar-refractivity contribution in [2.24, 2.45) is 5.73 Å². The SMILES string of the molecule is Cc1ccc(C)c([C@@H](N)CC(=O)O)c1. The molecule has 1 atom stereocenters. The second-order valence-corrected chi connectivity index (χ2v) is 3.56. The van der Waals surface area contributed by atoms with Crippen LogP contribution in [0.3, 0.4) is 0 Å². The zero-order valence-corrected chi connectivity index (χ0v) is 8.45. The molecule has 3 N–H and O–H groups in total. The maximum absolute atomic E-state index is 10.5. The summed E-state index contributed by atoms with van der Waals surface area (Å²) >= 11 is 0. The quantitative estimate of drug-likeness (QED) is 0.769. The van der Waals surface area contributed by atoms with Gasteiger partial charge in [-0.05, 0) is 25.0 Å². The minimum Gasteiger partial charge on any atom is -0.481 e. The Balaban J connectivity index is 2.93. The van der Waals surface area contributed by atoms with Crippen LogP contribution in [0, 0.1) is 13.8 Å². The Bertz CT molecular complexity index is 347. The molecule has 0 saturated heterocycles. The summed E-state index contributed by atoms with van der Waals surface area (Å²) in [6, 6.07) is 5.49. The maximum atomic E-state index is 10.5. The molecule has 3 heteroatoms. The molecule has 1 aromatic carbocycles. The highest BCUT2D eigenvalue weighted by molar-refractivity contribution is 5.68. The van der Waals surface area contributed by atoms with E-state index in [-0.39, 0.29) is 6.42 Å². The monoisotopic (exact) mass is 193 g/mol. The predicted octanol–water partition coefficient (Wildman–Crippen LogP) is 1.78. The molecule has 0 saturated carbocycles. The first-order chi connectivity index (χ1) is 6.50. The number of nitrogens with two attached hydrogens (primary N) is 1. The fourth-order valence-electron chi connectivity index (χ4n) is 1.46. The van der Waals surface area contributed by atoms with Gasteiger partial charge in [0.05, 0.1) is 6.42 Å². The second-order valence-electron chi connectivity index (χ2n) is 3.56. The van der Waals surface area contributed by atoms with E-state index >= 15 is 0 Å². The number of carboxylic acids is 1. The Labute approximate surface area is 83.6 Å². The molecule has 3 nitrogen and oxygen atoms in total. The molecule has 1 aromatic rings. The van der Waals surface area contributed by atoms with Crippen molar-refractivity contribution in [1.29, 1.82) is 0 Å². The molecule has 0 aromatic heterocycles. The van der Waals surface area contributed by atoms with Crippen LogP contribution in [0.1, 0.15) is 29.2 Å². The number of aryl methyl sites for hydroxylation is 2. The van der Waals surface area contributed by atoms with Crippen molar-refractivity contribution in [2.75, 3.05) is 0 Å². The van der Waals surface area contributed by atoms with Crippen molar-refractivity contribution in [3.63, 3.8) is 0 Å². The van der Waals surface area contributed by atoms with Gasteiger partial charge in [0.15, 0.2) is 0 Å². The van der Waals surface area contributed by atoms with E-state index in [0.717, 1.165) is 16.7 Å². The topological polar surface area (TPSA) is 63.3 Å². The second kappa shape index (κ2) is 4.24. The van der Waals surface area contributed by atoms with Gasteiger partial charge in [0.25, 0.3) is 0 Å². The first-order valence-corrected chi connectivity index (χ1v) is 4.55. The van der Waals surface area contributed by atoms with Crippen LogP contribution in [0.25, 0.3) is 0 Å². The predicted molar refractivity (Wildman–Crippen MR) is 55.1 cm³/mol. The molecule has 0 aliphatic carbocycles. The average Bonchev–Trinajstić information content (AvgIpc) is 2.08. The van der Waals surface area contributed by atoms with E-state index < -0.39 is 12.0 Å². The number of carboxylic acid groups (broad SMARTS) is 1. The Morgan fingerprint density at radius 2 is 2.14 bits per heavy atom. The van der Waals surface area contributed by atoms with E-state index in [1.165, 1.54) is 0 Å². The van der Waals surface area contributed by atoms with Gasteiger partial charge in [0, 0.05) is 6.04 Å². The first kappa shape index (κ1) is 10.7. The largest absolute Gasteiger partial charge is 0.481 e. The lowest BCUT2D eigenvalue weighted by molar-refractivity contribution is -0.137. The smallest absolute Gasteiger partial charge is 0.305 e. The third kappa shape index (κ3) is 2.57. The summed E-state index contributed by atoms with van der Waals surface area (Å²) in [6.07, 6.45) is -0.0235. The molecule has 0 spiro atoms. The summed E-state index contributed by atoms with van der Waals surface area (Å²) in [6.45, 7) is 3.91. The summed E-state index contributed by atoms with van der Waals surface area (Å²) in [5.41, 5.74) is 8.86. The molecule has 1 rings (SSSR count). The molecule has 0 aliphatic rings. The molecular weight excluding hydrogens is 178 g/mol. The number of carbonyl (C=O) groups is 1. The molecule has 76 valence electrons. The molecule has 0 bridgehead atoms. The number of hydrogen-bond donors (Lipinski definition) is 2. The lowest BCUT2D eigenvalue weighted by Gasteiger charge is -2.13. The highest BCUT2D eigenvalue weighted by atomic mass is 16.4. The van der Waals surface area contributed by atoms with Gasteiger partial charge in [-0.15, -0.1) is 0 Å². The Kier molecular flexibility index (Phi) is 3.25. The molecule has 0 aliphatic heterocycles. The standard InChI is InChI=1S/C11H15NO2/c1-7-3-4-8(2)9(5-7)10(12)6-11(13)14/h3-5,10H,6,12H2,1-2H3,(H,13,14)/t10-/m0/s1. The summed E-state index contributed by atoms with van der Waals surface area (Å²) in [5.74, 6) is -0.863. The summed E-state index contributed by atoms with van der Waals surface area (Å²) in [4.78, 5) is 10.5. The highest BCUT2D eigenvalue weighted by Gasteiger charge is 2.12. The van der Waals surface area contributed by atoms with Crippen molar-refractivity contribution in [1.82, 2.24) is 0 Å². The molecule has 0 radical (unpaired) electrons. The van der Waals surface area contributed by atoms with Crippen LogP contribution in [-0.2, 0) is 4.79 Å². The summed E-state index contributed by atoms with van der Waals surface area (Å²) < 4.78 is 0. The van der Waals surface area contributed by atoms with Crippen molar-refractivity contribution in [2.45, 2.75) is 26.3 Å². The van der Waals surface area contributed by atoms with Crippen molar-refractivity contribution < 1.29 is 9.90 Å². The molecule has 0 amide bonds. The third-order valence-corrected chi connectivity index (χ3v) is 2.23. The maximum Gasteiger partial charge on any atom is 0.305 e. The fourth-order valence-corrected chi connectivity index (χ4v) is 1.46. The number of benzene rings is 1. The zero-order valence-electron chi connectivity index (χ0n) is 8.45. The Morgan fingerprint density at radius 3 is 2.71 bits per heavy atom. The van der Waals surface area contributed by atoms with Crippen LogP contribution in [-0.4, -0.2) is 11.1 Å². The third-order valence-electron chi connectivity index (χ3n) is 2.23. The molecule has 0 heterocycles. The van der Waals surface area contributed by atoms with Crippen molar-refractivity contribution >= 4 is 5.97 Å². The highest BCUT2D eigenvalue weighted by Crippen LogP contribution is 2.19. The van der Waals surface area contributed by atoms with E-state index in [9.17, 15) is 4.79 Å². The normalized spacial score (nSPS) is 12.5. The van der Waals surface area contributed by atoms with E-state index in [1.807, 2.05) is 32.0 Å². The molecular formula is C11H15NO2. The minimum absolute atomic E-state index is 0.0235. The van der Waals surface area contributed by atoms with Gasteiger partial charge in [0.2, 0.25) is 0 Å². The lowest BCUT2D eigenvalue weighted by Crippen LogP contribution is -2.16. The van der Waals surface area contributed by atoms with E-state index in [1.54, 1.807) is 0 Å². The van der Waals surface area contributed by atoms with Gasteiger partial charge in [-0.2, -0.15) is 0 Å². The van der Waals surface area contributed by atoms with Crippen LogP contribution in [0.15, 0.2) is 18.2 Å². The van der Waals surface area contributed by atoms with Gasteiger partial charge in [-0.3, -0.25) is 4.79 Å². The van der Waals surface area contributed by atoms with Crippen molar-refractivity contribution in [3.8, 4) is 0 Å². The summed E-state index contributed by atoms with van der Waals surface area (Å²) in [5, 5.41) is 8.63. The van der Waals surface area contributed by atoms with Gasteiger partial charge >= 0.3 is 5.97 Å². The first-order valence-electron chi connectivity index (χ1n) is 4.55. The van der Waals surface area contributed by atoms with E-state index in [4.69, 9.17) is 10.8 Å². The molecule has 0 fully saturated rings. The lowest BCUT2D eigenvalue weighted by atomic mass is 9.97. The van der Waals surface area contributed by atoms with E-state index in [2.05, 4.69) is 0 Å². The minimum atomic E-state index is -0.863. The van der Waals surface area contributed by atoms with E-state index in [0.29, 0.717) is 0 Å². The zero-order chi connectivity index (χ0) is 10.7. The Morgan fingerprint density at radius 1 is 1.50 bits per heavy atom. The number of aliphatic carboxylic acids is 1. The number of hydrogen-bond acceptors (Lipinski definition) is 2. The van der Waals surface area contributed by atoms with Gasteiger partial charge in [0.1, 0.15) is 0 Å². The van der Waals surface area contributed by atoms with Crippen LogP contribution < -0.4 is 5.73 Å². The average molecular weight is 193 g/mol. The van der Waals surface area contributed by atoms with Gasteiger partial charge < -0.3 is 10.8 Å². The van der Waals surface area contributed by atoms with Gasteiger partial charge in [-0.25, -0.2) is 0 Å². The van der Waals surface area contributed by atoms with Crippen LogP contribution in [0.4, 0.5) is 0 Å². The summed E-state index contributed by atoms with van der Waals surface area (Å²) in [7, 11) is 0. The fraction of sp³-hybridized carbons (Fsp3) is 0.364. The van der Waals surface area contributed by atoms with Crippen LogP contribution >= 0.6 is 0 Å². The van der Waals surface area contributed by atoms with Crippen molar-refractivity contribution in [3.05, 3.63) is 34.9 Å². The molecule has 0 unspecified atom stereocenters.